The number of hydrogen-bond donors (Lipinski definition) is 1. The minimum atomic E-state index is 0.710. The first-order chi connectivity index (χ1) is 7.99. The van der Waals surface area contributed by atoms with Crippen LogP contribution in [-0.4, -0.2) is 0 Å². The molecular formula is C16H23N. The minimum Gasteiger partial charge on any atom is -0.381 e. The van der Waals surface area contributed by atoms with Crippen molar-refractivity contribution in [3.8, 4) is 0 Å². The van der Waals surface area contributed by atoms with Crippen molar-refractivity contribution in [2.24, 2.45) is 5.92 Å². The Morgan fingerprint density at radius 3 is 2.12 bits per heavy atom. The van der Waals surface area contributed by atoms with Crippen LogP contribution >= 0.6 is 0 Å². The van der Waals surface area contributed by atoms with Crippen LogP contribution in [0.1, 0.15) is 31.9 Å². The van der Waals surface area contributed by atoms with Crippen LogP contribution in [0.4, 0.5) is 0 Å². The second-order valence-electron chi connectivity index (χ2n) is 5.03. The average Bonchev–Trinajstić information content (AvgIpc) is 2.26. The molecule has 0 heterocycles. The molecule has 0 unspecified atom stereocenters. The van der Waals surface area contributed by atoms with Gasteiger partial charge in [-0.05, 0) is 36.0 Å². The van der Waals surface area contributed by atoms with Gasteiger partial charge in [-0.2, -0.15) is 0 Å². The third-order valence-electron chi connectivity index (χ3n) is 2.69. The summed E-state index contributed by atoms with van der Waals surface area (Å²) in [6.45, 7) is 15.0. The minimum absolute atomic E-state index is 0.710. The fraction of sp³-hybridized carbons (Fsp3) is 0.375. The number of nitrogens with one attached hydrogen (secondary N) is 1. The number of allylic oxidation sites excluding steroid dienone is 1. The summed E-state index contributed by atoms with van der Waals surface area (Å²) < 4.78 is 0. The zero-order valence-corrected chi connectivity index (χ0v) is 11.2. The molecule has 0 aliphatic heterocycles. The zero-order chi connectivity index (χ0) is 12.8. The molecule has 1 heteroatoms. The van der Waals surface area contributed by atoms with E-state index in [0.29, 0.717) is 5.92 Å². The monoisotopic (exact) mass is 229 g/mol. The van der Waals surface area contributed by atoms with Crippen molar-refractivity contribution in [3.63, 3.8) is 0 Å². The van der Waals surface area contributed by atoms with E-state index in [1.807, 2.05) is 6.92 Å². The predicted octanol–water partition coefficient (Wildman–Crippen LogP) is 4.06. The van der Waals surface area contributed by atoms with E-state index in [2.05, 4.69) is 56.6 Å². The highest BCUT2D eigenvalue weighted by Crippen LogP contribution is 2.10. The third-order valence-corrected chi connectivity index (χ3v) is 2.69. The van der Waals surface area contributed by atoms with E-state index in [0.717, 1.165) is 24.2 Å². The van der Waals surface area contributed by atoms with Gasteiger partial charge in [-0.1, -0.05) is 51.3 Å². The lowest BCUT2D eigenvalue weighted by Gasteiger charge is -2.10. The third kappa shape index (κ3) is 4.90. The molecule has 0 saturated heterocycles. The van der Waals surface area contributed by atoms with Crippen molar-refractivity contribution in [1.29, 1.82) is 0 Å². The molecule has 1 nitrogen and oxygen atoms in total. The smallest absolute Gasteiger partial charge is 0.0400 e. The summed E-state index contributed by atoms with van der Waals surface area (Å²) in [5.41, 5.74) is 4.58. The van der Waals surface area contributed by atoms with Gasteiger partial charge in [-0.25, -0.2) is 0 Å². The molecule has 0 amide bonds. The van der Waals surface area contributed by atoms with Gasteiger partial charge in [-0.15, -0.1) is 0 Å². The summed E-state index contributed by atoms with van der Waals surface area (Å²) >= 11 is 0. The molecule has 0 aliphatic rings. The Labute approximate surface area is 105 Å². The Kier molecular flexibility index (Phi) is 5.02. The number of hydrogen-bond acceptors (Lipinski definition) is 1. The highest BCUT2D eigenvalue weighted by Gasteiger charge is 1.99. The molecule has 1 aromatic rings. The zero-order valence-electron chi connectivity index (χ0n) is 11.2. The van der Waals surface area contributed by atoms with Crippen molar-refractivity contribution >= 4 is 0 Å². The second-order valence-corrected chi connectivity index (χ2v) is 5.03. The lowest BCUT2D eigenvalue weighted by molar-refractivity contribution is 0.647. The fourth-order valence-corrected chi connectivity index (χ4v) is 1.62. The maximum atomic E-state index is 3.92. The van der Waals surface area contributed by atoms with Crippen molar-refractivity contribution in [2.75, 3.05) is 0 Å². The van der Waals surface area contributed by atoms with Crippen LogP contribution in [0.3, 0.4) is 0 Å². The van der Waals surface area contributed by atoms with Gasteiger partial charge in [0.1, 0.15) is 0 Å². The molecule has 0 aliphatic carbocycles. The van der Waals surface area contributed by atoms with E-state index < -0.39 is 0 Å². The lowest BCUT2D eigenvalue weighted by atomic mass is 10.0. The first-order valence-corrected chi connectivity index (χ1v) is 6.15. The molecule has 0 atom stereocenters. The van der Waals surface area contributed by atoms with Crippen molar-refractivity contribution in [2.45, 2.75) is 33.7 Å². The lowest BCUT2D eigenvalue weighted by Crippen LogP contribution is -2.12. The molecular weight excluding hydrogens is 206 g/mol. The van der Waals surface area contributed by atoms with Gasteiger partial charge in [0.05, 0.1) is 0 Å². The summed E-state index contributed by atoms with van der Waals surface area (Å²) in [5, 5.41) is 3.26. The van der Waals surface area contributed by atoms with Crippen molar-refractivity contribution in [3.05, 3.63) is 59.8 Å². The summed E-state index contributed by atoms with van der Waals surface area (Å²) in [6, 6.07) is 8.77. The van der Waals surface area contributed by atoms with Crippen LogP contribution in [0.5, 0.6) is 0 Å². The molecule has 17 heavy (non-hydrogen) atoms. The van der Waals surface area contributed by atoms with Gasteiger partial charge >= 0.3 is 0 Å². The molecule has 0 radical (unpaired) electrons. The van der Waals surface area contributed by atoms with Crippen LogP contribution in [0, 0.1) is 5.92 Å². The normalized spacial score (nSPS) is 10.4. The Bertz CT molecular complexity index is 384. The van der Waals surface area contributed by atoms with E-state index in [1.54, 1.807) is 0 Å². The fourth-order valence-electron chi connectivity index (χ4n) is 1.62. The predicted molar refractivity (Wildman–Crippen MR) is 75.8 cm³/mol. The summed E-state index contributed by atoms with van der Waals surface area (Å²) in [5.74, 6) is 0.710. The summed E-state index contributed by atoms with van der Waals surface area (Å²) in [4.78, 5) is 0. The van der Waals surface area contributed by atoms with E-state index in [1.165, 1.54) is 11.1 Å². The summed E-state index contributed by atoms with van der Waals surface area (Å²) in [7, 11) is 0. The maximum Gasteiger partial charge on any atom is 0.0400 e. The standard InChI is InChI=1S/C16H23N/c1-12(2)10-15-6-8-16(9-7-15)11-17-14(5)13(3)4/h6-9,12,17H,3,5,10-11H2,1-2,4H3. The first-order valence-electron chi connectivity index (χ1n) is 6.15. The number of rotatable bonds is 6. The second kappa shape index (κ2) is 6.29. The molecule has 1 rings (SSSR count). The average molecular weight is 229 g/mol. The van der Waals surface area contributed by atoms with Gasteiger partial charge in [0.15, 0.2) is 0 Å². The Morgan fingerprint density at radius 1 is 1.12 bits per heavy atom. The quantitative estimate of drug-likeness (QED) is 0.725. The largest absolute Gasteiger partial charge is 0.381 e. The Morgan fingerprint density at radius 2 is 1.65 bits per heavy atom. The Balaban J connectivity index is 2.51. The van der Waals surface area contributed by atoms with Crippen LogP contribution in [0.25, 0.3) is 0 Å². The van der Waals surface area contributed by atoms with Crippen LogP contribution in [0.2, 0.25) is 0 Å². The first kappa shape index (κ1) is 13.6. The van der Waals surface area contributed by atoms with Crippen molar-refractivity contribution < 1.29 is 0 Å². The van der Waals surface area contributed by atoms with Gasteiger partial charge in [0.25, 0.3) is 0 Å². The highest BCUT2D eigenvalue weighted by atomic mass is 14.9. The molecule has 0 bridgehead atoms. The van der Waals surface area contributed by atoms with Gasteiger partial charge in [-0.3, -0.25) is 0 Å². The van der Waals surface area contributed by atoms with E-state index in [-0.39, 0.29) is 0 Å². The molecule has 1 aromatic carbocycles. The highest BCUT2D eigenvalue weighted by molar-refractivity contribution is 5.25. The number of benzene rings is 1. The SMILES string of the molecule is C=C(C)C(=C)NCc1ccc(CC(C)C)cc1. The van der Waals surface area contributed by atoms with E-state index in [9.17, 15) is 0 Å². The van der Waals surface area contributed by atoms with Gasteiger partial charge in [0, 0.05) is 12.2 Å². The van der Waals surface area contributed by atoms with Crippen LogP contribution in [0.15, 0.2) is 48.7 Å². The molecule has 1 N–H and O–H groups in total. The summed E-state index contributed by atoms with van der Waals surface area (Å²) in [6.07, 6.45) is 1.15. The maximum absolute atomic E-state index is 3.92. The van der Waals surface area contributed by atoms with Gasteiger partial charge in [0.2, 0.25) is 0 Å². The Hall–Kier alpha value is -1.50. The molecule has 0 spiro atoms. The van der Waals surface area contributed by atoms with E-state index >= 15 is 0 Å². The molecule has 0 fully saturated rings. The van der Waals surface area contributed by atoms with Gasteiger partial charge < -0.3 is 5.32 Å². The van der Waals surface area contributed by atoms with Crippen molar-refractivity contribution in [1.82, 2.24) is 5.32 Å². The molecule has 0 saturated carbocycles. The topological polar surface area (TPSA) is 12.0 Å². The van der Waals surface area contributed by atoms with Crippen LogP contribution in [-0.2, 0) is 13.0 Å². The van der Waals surface area contributed by atoms with E-state index in [4.69, 9.17) is 0 Å². The molecule has 92 valence electrons. The molecule has 0 aromatic heterocycles. The van der Waals surface area contributed by atoms with Crippen LogP contribution < -0.4 is 5.32 Å².